The van der Waals surface area contributed by atoms with Gasteiger partial charge in [-0.1, -0.05) is 43.5 Å². The molecule has 0 radical (unpaired) electrons. The second kappa shape index (κ2) is 10.6. The summed E-state index contributed by atoms with van der Waals surface area (Å²) in [6.45, 7) is 2.75. The Morgan fingerprint density at radius 2 is 1.07 bits per heavy atom. The lowest BCUT2D eigenvalue weighted by atomic mass is 9.65. The summed E-state index contributed by atoms with van der Waals surface area (Å²) in [7, 11) is 0. The zero-order valence-corrected chi connectivity index (χ0v) is 24.3. The molecule has 0 spiro atoms. The van der Waals surface area contributed by atoms with E-state index in [0.717, 1.165) is 58.6 Å². The van der Waals surface area contributed by atoms with Crippen molar-refractivity contribution < 1.29 is 9.47 Å². The van der Waals surface area contributed by atoms with E-state index in [1.807, 2.05) is 12.1 Å². The minimum Gasteiger partial charge on any atom is -0.473 e. The molecule has 2 heterocycles. The smallest absolute Gasteiger partial charge is 0.161 e. The molecule has 7 rings (SSSR count). The second-order valence-corrected chi connectivity index (χ2v) is 12.3. The molecular weight excluding hydrogens is 533 g/mol. The maximum absolute atomic E-state index is 6.22. The van der Waals surface area contributed by atoms with Gasteiger partial charge in [0.25, 0.3) is 0 Å². The van der Waals surface area contributed by atoms with E-state index >= 15 is 0 Å². The summed E-state index contributed by atoms with van der Waals surface area (Å²) >= 11 is 9.10. The molecule has 6 heteroatoms. The lowest BCUT2D eigenvalue weighted by Gasteiger charge is -2.41. The molecule has 0 unspecified atom stereocenters. The molecule has 0 aromatic heterocycles. The van der Waals surface area contributed by atoms with Crippen molar-refractivity contribution in [1.29, 1.82) is 0 Å². The van der Waals surface area contributed by atoms with Crippen LogP contribution in [-0.4, -0.2) is 13.5 Å². The molecule has 1 aliphatic carbocycles. The van der Waals surface area contributed by atoms with Crippen molar-refractivity contribution in [3.8, 4) is 11.5 Å². The number of hydrogen-bond donors (Lipinski definition) is 2. The Bertz CT molecular complexity index is 1440. The molecule has 0 bridgehead atoms. The Hall–Kier alpha value is -3.22. The average Bonchev–Trinajstić information content (AvgIpc) is 3.00. The van der Waals surface area contributed by atoms with Crippen LogP contribution in [0.1, 0.15) is 54.4 Å². The molecule has 2 aliphatic heterocycles. The standard InChI is InChI=1S/C34H34N2O2S2/c39-30-8-4-6-28(18-30)35-20-24-16-26(10-12-32(24)37-22-35)34(14-2-1-3-15-34)27-11-13-33-25(17-27)21-36(23-38-33)29-7-5-9-31(40)19-29/h4-13,16-19,39-40H,1-3,14-15,20-23H2. The number of benzene rings is 4. The number of rotatable bonds is 4. The van der Waals surface area contributed by atoms with Crippen LogP contribution in [0.25, 0.3) is 0 Å². The van der Waals surface area contributed by atoms with Gasteiger partial charge in [-0.2, -0.15) is 0 Å². The molecule has 0 saturated heterocycles. The zero-order chi connectivity index (χ0) is 27.1. The van der Waals surface area contributed by atoms with Crippen LogP contribution in [0.15, 0.2) is 94.7 Å². The Morgan fingerprint density at radius 3 is 1.55 bits per heavy atom. The third-order valence-corrected chi connectivity index (χ3v) is 9.35. The quantitative estimate of drug-likeness (QED) is 0.243. The fourth-order valence-electron chi connectivity index (χ4n) is 6.69. The third kappa shape index (κ3) is 4.82. The molecule has 204 valence electrons. The zero-order valence-electron chi connectivity index (χ0n) is 22.6. The number of thiol groups is 2. The maximum atomic E-state index is 6.22. The van der Waals surface area contributed by atoms with Crippen molar-refractivity contribution in [3.05, 3.63) is 107 Å². The molecular formula is C34H34N2O2S2. The Morgan fingerprint density at radius 1 is 0.575 bits per heavy atom. The van der Waals surface area contributed by atoms with E-state index in [2.05, 4.69) is 108 Å². The Kier molecular flexibility index (Phi) is 6.84. The van der Waals surface area contributed by atoms with E-state index in [-0.39, 0.29) is 5.41 Å². The first-order valence-electron chi connectivity index (χ1n) is 14.2. The fourth-order valence-corrected chi connectivity index (χ4v) is 7.13. The van der Waals surface area contributed by atoms with E-state index in [9.17, 15) is 0 Å². The highest BCUT2D eigenvalue weighted by atomic mass is 32.1. The summed E-state index contributed by atoms with van der Waals surface area (Å²) in [5.74, 6) is 1.99. The predicted octanol–water partition coefficient (Wildman–Crippen LogP) is 8.23. The van der Waals surface area contributed by atoms with Crippen molar-refractivity contribution in [1.82, 2.24) is 0 Å². The van der Waals surface area contributed by atoms with Gasteiger partial charge < -0.3 is 19.3 Å². The molecule has 0 amide bonds. The van der Waals surface area contributed by atoms with Gasteiger partial charge in [0.1, 0.15) is 11.5 Å². The number of hydrogen-bond acceptors (Lipinski definition) is 6. The van der Waals surface area contributed by atoms with Crippen LogP contribution >= 0.6 is 25.3 Å². The monoisotopic (exact) mass is 566 g/mol. The van der Waals surface area contributed by atoms with Crippen LogP contribution in [0.3, 0.4) is 0 Å². The van der Waals surface area contributed by atoms with Crippen molar-refractivity contribution in [2.75, 3.05) is 23.3 Å². The van der Waals surface area contributed by atoms with E-state index in [4.69, 9.17) is 9.47 Å². The molecule has 1 saturated carbocycles. The van der Waals surface area contributed by atoms with Gasteiger partial charge in [0.05, 0.1) is 0 Å². The Labute approximate surface area is 247 Å². The minimum absolute atomic E-state index is 0.0110. The number of anilines is 2. The van der Waals surface area contributed by atoms with Crippen LogP contribution in [-0.2, 0) is 18.5 Å². The van der Waals surface area contributed by atoms with Gasteiger partial charge in [-0.3, -0.25) is 0 Å². The molecule has 3 aliphatic rings. The van der Waals surface area contributed by atoms with Crippen molar-refractivity contribution in [3.63, 3.8) is 0 Å². The average molecular weight is 567 g/mol. The van der Waals surface area contributed by atoms with E-state index in [1.54, 1.807) is 0 Å². The van der Waals surface area contributed by atoms with Gasteiger partial charge >= 0.3 is 0 Å². The summed E-state index contributed by atoms with van der Waals surface area (Å²) in [5, 5.41) is 0. The highest BCUT2D eigenvalue weighted by Crippen LogP contribution is 2.47. The number of fused-ring (bicyclic) bond motifs is 2. The topological polar surface area (TPSA) is 24.9 Å². The van der Waals surface area contributed by atoms with Gasteiger partial charge in [0.15, 0.2) is 13.5 Å². The van der Waals surface area contributed by atoms with E-state index in [1.165, 1.54) is 41.5 Å². The van der Waals surface area contributed by atoms with E-state index < -0.39 is 0 Å². The van der Waals surface area contributed by atoms with Crippen LogP contribution < -0.4 is 19.3 Å². The summed E-state index contributed by atoms with van der Waals surface area (Å²) in [4.78, 5) is 6.49. The summed E-state index contributed by atoms with van der Waals surface area (Å²) in [6, 6.07) is 30.4. The van der Waals surface area contributed by atoms with Crippen LogP contribution in [0.4, 0.5) is 11.4 Å². The molecule has 4 nitrogen and oxygen atoms in total. The van der Waals surface area contributed by atoms with Gasteiger partial charge in [0.2, 0.25) is 0 Å². The highest BCUT2D eigenvalue weighted by Gasteiger charge is 2.37. The summed E-state index contributed by atoms with van der Waals surface area (Å²) < 4.78 is 12.4. The molecule has 0 atom stereocenters. The highest BCUT2D eigenvalue weighted by molar-refractivity contribution is 7.80. The van der Waals surface area contributed by atoms with Crippen molar-refractivity contribution in [2.24, 2.45) is 0 Å². The normalized spacial score (nSPS) is 17.9. The molecule has 1 fully saturated rings. The summed E-state index contributed by atoms with van der Waals surface area (Å²) in [5.41, 5.74) is 7.56. The lowest BCUT2D eigenvalue weighted by molar-refractivity contribution is 0.286. The first-order chi connectivity index (χ1) is 19.6. The van der Waals surface area contributed by atoms with Crippen LogP contribution in [0.2, 0.25) is 0 Å². The van der Waals surface area contributed by atoms with Crippen molar-refractivity contribution in [2.45, 2.75) is 60.4 Å². The third-order valence-electron chi connectivity index (χ3n) is 8.80. The van der Waals surface area contributed by atoms with Crippen molar-refractivity contribution >= 4 is 36.6 Å². The second-order valence-electron chi connectivity index (χ2n) is 11.3. The fraction of sp³-hybridized carbons (Fsp3) is 0.294. The maximum Gasteiger partial charge on any atom is 0.161 e. The summed E-state index contributed by atoms with van der Waals surface area (Å²) in [6.07, 6.45) is 6.09. The Balaban J connectivity index is 1.23. The van der Waals surface area contributed by atoms with Gasteiger partial charge in [-0.15, -0.1) is 25.3 Å². The van der Waals surface area contributed by atoms with Gasteiger partial charge in [-0.05, 0) is 84.6 Å². The number of nitrogens with zero attached hydrogens (tertiary/aromatic N) is 2. The lowest BCUT2D eigenvalue weighted by Crippen LogP contribution is -2.35. The molecule has 4 aromatic rings. The van der Waals surface area contributed by atoms with Gasteiger partial charge in [-0.25, -0.2) is 0 Å². The molecule has 0 N–H and O–H groups in total. The first-order valence-corrected chi connectivity index (χ1v) is 15.1. The van der Waals surface area contributed by atoms with Crippen LogP contribution in [0.5, 0.6) is 11.5 Å². The largest absolute Gasteiger partial charge is 0.473 e. The van der Waals surface area contributed by atoms with Gasteiger partial charge in [0, 0.05) is 50.8 Å². The first kappa shape index (κ1) is 25.7. The SMILES string of the molecule is Sc1cccc(N2COc3ccc(C4(c5ccc6c(c5)CN(c5cccc(S)c5)CO6)CCCCC4)cc3C2)c1. The molecule has 4 aromatic carbocycles. The predicted molar refractivity (Wildman–Crippen MR) is 167 cm³/mol. The van der Waals surface area contributed by atoms with Crippen LogP contribution in [0, 0.1) is 0 Å². The molecule has 40 heavy (non-hydrogen) atoms. The van der Waals surface area contributed by atoms with E-state index in [0.29, 0.717) is 13.5 Å². The minimum atomic E-state index is -0.0110. The number of ether oxygens (including phenoxy) is 2.